The molecule has 0 aromatic rings. The van der Waals surface area contributed by atoms with Crippen LogP contribution in [0.4, 0.5) is 0 Å². The second kappa shape index (κ2) is 5.59. The summed E-state index contributed by atoms with van der Waals surface area (Å²) in [4.78, 5) is 27.6. The lowest BCUT2D eigenvalue weighted by Gasteiger charge is -2.31. The van der Waals surface area contributed by atoms with Crippen LogP contribution in [0.25, 0.3) is 0 Å². The molecule has 0 heterocycles. The first kappa shape index (κ1) is 13.8. The lowest BCUT2D eigenvalue weighted by Crippen LogP contribution is -2.32. The molecule has 0 aliphatic rings. The van der Waals surface area contributed by atoms with Gasteiger partial charge in [-0.05, 0) is 18.8 Å². The van der Waals surface area contributed by atoms with E-state index in [0.29, 0.717) is 6.42 Å². The monoisotopic (exact) mass is 210 g/mol. The molecule has 0 fully saturated rings. The molecular formula is C11H18N2O2. The molecule has 0 aliphatic carbocycles. The van der Waals surface area contributed by atoms with Gasteiger partial charge in [-0.3, -0.25) is 0 Å². The van der Waals surface area contributed by atoms with Gasteiger partial charge >= 0.3 is 0 Å². The Morgan fingerprint density at radius 2 is 1.73 bits per heavy atom. The summed E-state index contributed by atoms with van der Waals surface area (Å²) >= 11 is 0. The minimum absolute atomic E-state index is 0.0630. The van der Waals surface area contributed by atoms with Gasteiger partial charge in [-0.15, -0.1) is 0 Å². The van der Waals surface area contributed by atoms with Crippen LogP contribution in [0.3, 0.4) is 0 Å². The van der Waals surface area contributed by atoms with Crippen molar-refractivity contribution in [3.05, 3.63) is 0 Å². The van der Waals surface area contributed by atoms with E-state index in [1.165, 1.54) is 6.08 Å². The van der Waals surface area contributed by atoms with E-state index in [9.17, 15) is 9.59 Å². The van der Waals surface area contributed by atoms with Gasteiger partial charge in [0.1, 0.15) is 0 Å². The highest BCUT2D eigenvalue weighted by Crippen LogP contribution is 2.33. The standard InChI is InChI=1S/C11H18N2O2/c1-5-10(2,3)6-11(4,13-9-15)7-12-8-14/h5-7H2,1-4H3. The van der Waals surface area contributed by atoms with E-state index in [0.717, 1.165) is 6.42 Å². The van der Waals surface area contributed by atoms with Crippen LogP contribution in [-0.2, 0) is 9.59 Å². The lowest BCUT2D eigenvalue weighted by molar-refractivity contribution is 0.244. The summed E-state index contributed by atoms with van der Waals surface area (Å²) in [5.74, 6) is 0. The predicted molar refractivity (Wildman–Crippen MR) is 58.2 cm³/mol. The third kappa shape index (κ3) is 5.26. The van der Waals surface area contributed by atoms with E-state index in [4.69, 9.17) is 0 Å². The van der Waals surface area contributed by atoms with Crippen LogP contribution in [0.15, 0.2) is 9.98 Å². The highest BCUT2D eigenvalue weighted by molar-refractivity contribution is 5.36. The van der Waals surface area contributed by atoms with Crippen molar-refractivity contribution in [1.29, 1.82) is 0 Å². The molecule has 4 nitrogen and oxygen atoms in total. The summed E-state index contributed by atoms with van der Waals surface area (Å²) in [5, 5.41) is 0. The summed E-state index contributed by atoms with van der Waals surface area (Å²) in [5.41, 5.74) is -0.577. The number of carbonyl (C=O) groups excluding carboxylic acids is 2. The Labute approximate surface area is 90.5 Å². The Balaban J connectivity index is 4.79. The quantitative estimate of drug-likeness (QED) is 0.498. The van der Waals surface area contributed by atoms with E-state index in [2.05, 4.69) is 30.8 Å². The molecule has 1 atom stereocenters. The van der Waals surface area contributed by atoms with Gasteiger partial charge in [0.05, 0.1) is 12.1 Å². The second-order valence-corrected chi connectivity index (χ2v) is 4.80. The van der Waals surface area contributed by atoms with Crippen LogP contribution < -0.4 is 0 Å². The fourth-order valence-corrected chi connectivity index (χ4v) is 1.60. The third-order valence-corrected chi connectivity index (χ3v) is 2.62. The van der Waals surface area contributed by atoms with E-state index >= 15 is 0 Å². The van der Waals surface area contributed by atoms with Crippen LogP contribution in [-0.4, -0.2) is 24.2 Å². The maximum atomic E-state index is 10.3. The second-order valence-electron chi connectivity index (χ2n) is 4.80. The molecule has 1 unspecified atom stereocenters. The zero-order valence-electron chi connectivity index (χ0n) is 9.83. The van der Waals surface area contributed by atoms with Crippen molar-refractivity contribution in [2.75, 3.05) is 6.54 Å². The molecule has 0 spiro atoms. The maximum Gasteiger partial charge on any atom is 0.235 e. The first-order valence-electron chi connectivity index (χ1n) is 5.02. The van der Waals surface area contributed by atoms with E-state index in [1.54, 1.807) is 13.0 Å². The molecule has 84 valence electrons. The first-order chi connectivity index (χ1) is 6.89. The topological polar surface area (TPSA) is 58.9 Å². The Bertz CT molecular complexity index is 300. The molecule has 0 aromatic heterocycles. The van der Waals surface area contributed by atoms with E-state index in [-0.39, 0.29) is 12.0 Å². The van der Waals surface area contributed by atoms with E-state index in [1.807, 2.05) is 0 Å². The van der Waals surface area contributed by atoms with Gasteiger partial charge in [0.25, 0.3) is 0 Å². The van der Waals surface area contributed by atoms with Crippen molar-refractivity contribution in [3.63, 3.8) is 0 Å². The minimum atomic E-state index is -0.640. The van der Waals surface area contributed by atoms with Gasteiger partial charge < -0.3 is 0 Å². The van der Waals surface area contributed by atoms with Crippen molar-refractivity contribution in [2.45, 2.75) is 46.1 Å². The largest absolute Gasteiger partial charge is 0.235 e. The summed E-state index contributed by atoms with van der Waals surface area (Å²) in [6, 6.07) is 0. The van der Waals surface area contributed by atoms with Gasteiger partial charge in [-0.1, -0.05) is 27.2 Å². The lowest BCUT2D eigenvalue weighted by atomic mass is 9.78. The summed E-state index contributed by atoms with van der Waals surface area (Å²) in [6.45, 7) is 8.26. The fourth-order valence-electron chi connectivity index (χ4n) is 1.60. The molecule has 0 saturated carbocycles. The number of hydrogen-bond donors (Lipinski definition) is 0. The average molecular weight is 210 g/mol. The third-order valence-electron chi connectivity index (χ3n) is 2.62. The number of nitrogens with zero attached hydrogens (tertiary/aromatic N) is 2. The van der Waals surface area contributed by atoms with Crippen molar-refractivity contribution in [1.82, 2.24) is 0 Å². The molecule has 0 N–H and O–H groups in total. The SMILES string of the molecule is CCC(C)(C)CC(C)(CN=C=O)N=C=O. The Hall–Kier alpha value is -1.24. The fraction of sp³-hybridized carbons (Fsp3) is 0.818. The van der Waals surface area contributed by atoms with Crippen molar-refractivity contribution in [3.8, 4) is 0 Å². The molecule has 0 bridgehead atoms. The van der Waals surface area contributed by atoms with Crippen LogP contribution in [0, 0.1) is 5.41 Å². The van der Waals surface area contributed by atoms with Gasteiger partial charge in [0.15, 0.2) is 0 Å². The molecule has 4 heteroatoms. The Morgan fingerprint density at radius 1 is 1.13 bits per heavy atom. The summed E-state index contributed by atoms with van der Waals surface area (Å²) in [6.07, 6.45) is 4.69. The summed E-state index contributed by atoms with van der Waals surface area (Å²) in [7, 11) is 0. The highest BCUT2D eigenvalue weighted by Gasteiger charge is 2.31. The average Bonchev–Trinajstić information content (AvgIpc) is 2.14. The number of isocyanates is 2. The molecule has 0 amide bonds. The van der Waals surface area contributed by atoms with Crippen molar-refractivity contribution in [2.24, 2.45) is 15.4 Å². The molecule has 0 aliphatic heterocycles. The van der Waals surface area contributed by atoms with Gasteiger partial charge in [0.2, 0.25) is 12.2 Å². The number of hydrogen-bond acceptors (Lipinski definition) is 4. The smallest absolute Gasteiger partial charge is 0.211 e. The minimum Gasteiger partial charge on any atom is -0.211 e. The number of aliphatic imine (C=N–C) groups is 2. The molecule has 0 rings (SSSR count). The molecule has 0 radical (unpaired) electrons. The Morgan fingerprint density at radius 3 is 2.13 bits per heavy atom. The van der Waals surface area contributed by atoms with Crippen molar-refractivity contribution >= 4 is 12.2 Å². The van der Waals surface area contributed by atoms with Crippen LogP contribution >= 0.6 is 0 Å². The zero-order valence-corrected chi connectivity index (χ0v) is 9.83. The van der Waals surface area contributed by atoms with E-state index < -0.39 is 5.54 Å². The number of rotatable bonds is 6. The zero-order chi connectivity index (χ0) is 11.9. The van der Waals surface area contributed by atoms with Crippen molar-refractivity contribution < 1.29 is 9.59 Å². The summed E-state index contributed by atoms with van der Waals surface area (Å²) < 4.78 is 0. The van der Waals surface area contributed by atoms with Crippen LogP contribution in [0.5, 0.6) is 0 Å². The first-order valence-corrected chi connectivity index (χ1v) is 5.02. The Kier molecular flexibility index (Phi) is 5.13. The molecule has 0 saturated heterocycles. The van der Waals surface area contributed by atoms with Crippen LogP contribution in [0.1, 0.15) is 40.5 Å². The maximum absolute atomic E-state index is 10.3. The highest BCUT2D eigenvalue weighted by atomic mass is 16.1. The molecule has 15 heavy (non-hydrogen) atoms. The van der Waals surface area contributed by atoms with Gasteiger partial charge in [-0.25, -0.2) is 14.6 Å². The van der Waals surface area contributed by atoms with Crippen LogP contribution in [0.2, 0.25) is 0 Å². The van der Waals surface area contributed by atoms with Gasteiger partial charge in [-0.2, -0.15) is 4.99 Å². The molecule has 0 aromatic carbocycles. The predicted octanol–water partition coefficient (Wildman–Crippen LogP) is 2.24. The molecular weight excluding hydrogens is 192 g/mol. The normalized spacial score (nSPS) is 14.7. The van der Waals surface area contributed by atoms with Gasteiger partial charge in [0, 0.05) is 0 Å².